The second-order valence-electron chi connectivity index (χ2n) is 13.2. The number of nitrogens with zero attached hydrogens (tertiary/aromatic N) is 3. The highest BCUT2D eigenvalue weighted by atomic mass is 16.3. The SMILES string of the molecule is Cc1c(/C=C\N)cccc1-c1cc(-c2cnc3c(ccc4ccc(-c5ccccc5)nc43)c2)cc(-c2ccc3c(oc4c(C)cccc43)c2C)n1. The molecule has 0 spiro atoms. The molecule has 5 nitrogen and oxygen atoms in total. The van der Waals surface area contributed by atoms with Gasteiger partial charge in [0.25, 0.3) is 0 Å². The summed E-state index contributed by atoms with van der Waals surface area (Å²) in [4.78, 5) is 15.4. The Balaban J connectivity index is 1.24. The van der Waals surface area contributed by atoms with Crippen LogP contribution in [-0.4, -0.2) is 15.0 Å². The second kappa shape index (κ2) is 12.1. The molecule has 244 valence electrons. The third kappa shape index (κ3) is 5.13. The molecule has 9 rings (SSSR count). The van der Waals surface area contributed by atoms with Crippen molar-refractivity contribution in [3.8, 4) is 44.9 Å². The van der Waals surface area contributed by atoms with Gasteiger partial charge in [0.15, 0.2) is 0 Å². The maximum Gasteiger partial charge on any atom is 0.139 e. The molecule has 0 fully saturated rings. The Kier molecular flexibility index (Phi) is 7.21. The molecule has 4 heterocycles. The van der Waals surface area contributed by atoms with E-state index in [0.29, 0.717) is 0 Å². The predicted molar refractivity (Wildman–Crippen MR) is 211 cm³/mol. The maximum absolute atomic E-state index is 6.52. The van der Waals surface area contributed by atoms with Gasteiger partial charge in [-0.2, -0.15) is 0 Å². The molecular formula is C46H34N4O. The van der Waals surface area contributed by atoms with Crippen molar-refractivity contribution in [2.45, 2.75) is 20.8 Å². The number of pyridine rings is 3. The summed E-state index contributed by atoms with van der Waals surface area (Å²) in [6.45, 7) is 6.33. The highest BCUT2D eigenvalue weighted by Crippen LogP contribution is 2.39. The molecule has 0 aliphatic heterocycles. The molecular weight excluding hydrogens is 625 g/mol. The van der Waals surface area contributed by atoms with E-state index in [9.17, 15) is 0 Å². The van der Waals surface area contributed by atoms with Crippen LogP contribution in [0.4, 0.5) is 0 Å². The second-order valence-corrected chi connectivity index (χ2v) is 13.2. The Labute approximate surface area is 295 Å². The van der Waals surface area contributed by atoms with E-state index in [4.69, 9.17) is 25.1 Å². The van der Waals surface area contributed by atoms with E-state index < -0.39 is 0 Å². The van der Waals surface area contributed by atoms with Gasteiger partial charge in [-0.1, -0.05) is 91.0 Å². The Bertz CT molecular complexity index is 2850. The van der Waals surface area contributed by atoms with Gasteiger partial charge < -0.3 is 10.2 Å². The largest absolute Gasteiger partial charge is 0.455 e. The number of aryl methyl sites for hydroxylation is 2. The predicted octanol–water partition coefficient (Wildman–Crippen LogP) is 11.6. The van der Waals surface area contributed by atoms with E-state index in [2.05, 4.69) is 124 Å². The summed E-state index contributed by atoms with van der Waals surface area (Å²) >= 11 is 0. The summed E-state index contributed by atoms with van der Waals surface area (Å²) < 4.78 is 6.52. The van der Waals surface area contributed by atoms with Gasteiger partial charge in [-0.25, -0.2) is 9.97 Å². The topological polar surface area (TPSA) is 77.8 Å². The highest BCUT2D eigenvalue weighted by molar-refractivity contribution is 6.08. The number of hydrogen-bond donors (Lipinski definition) is 1. The molecule has 0 aliphatic carbocycles. The Hall–Kier alpha value is -6.59. The first-order valence-corrected chi connectivity index (χ1v) is 17.1. The lowest BCUT2D eigenvalue weighted by Crippen LogP contribution is -1.96. The molecule has 0 unspecified atom stereocenters. The Morgan fingerprint density at radius 2 is 1.29 bits per heavy atom. The van der Waals surface area contributed by atoms with Crippen LogP contribution in [0.2, 0.25) is 0 Å². The lowest BCUT2D eigenvalue weighted by atomic mass is 9.94. The summed E-state index contributed by atoms with van der Waals surface area (Å²) in [5.41, 5.74) is 21.6. The van der Waals surface area contributed by atoms with Crippen LogP contribution in [0.5, 0.6) is 0 Å². The number of aromatic nitrogens is 3. The van der Waals surface area contributed by atoms with Gasteiger partial charge in [0.2, 0.25) is 0 Å². The minimum atomic E-state index is 0.867. The molecule has 0 amide bonds. The lowest BCUT2D eigenvalue weighted by Gasteiger charge is -2.15. The number of para-hydroxylation sites is 1. The van der Waals surface area contributed by atoms with Gasteiger partial charge in [0.05, 0.1) is 28.1 Å². The fourth-order valence-electron chi connectivity index (χ4n) is 7.31. The quantitative estimate of drug-likeness (QED) is 0.186. The number of fused-ring (bicyclic) bond motifs is 6. The third-order valence-corrected chi connectivity index (χ3v) is 10.1. The van der Waals surface area contributed by atoms with Crippen LogP contribution >= 0.6 is 0 Å². The zero-order chi connectivity index (χ0) is 34.6. The van der Waals surface area contributed by atoms with Crippen molar-refractivity contribution in [3.63, 3.8) is 0 Å². The number of hydrogen-bond acceptors (Lipinski definition) is 5. The highest BCUT2D eigenvalue weighted by Gasteiger charge is 2.18. The average molecular weight is 659 g/mol. The molecule has 2 N–H and O–H groups in total. The standard InChI is InChI=1S/C46H34N4O/c1-27-9-7-14-38-39-19-18-37(29(3)46(39)51-45(27)38)42-25-34(24-41(49-42)36-13-8-12-30(21-22-47)28(36)2)35-23-33-16-15-32-17-20-40(31-10-5-4-6-11-31)50-44(32)43(33)48-26-35/h4-26H,47H2,1-3H3/b22-21-. The molecule has 0 atom stereocenters. The molecule has 51 heavy (non-hydrogen) atoms. The smallest absolute Gasteiger partial charge is 0.139 e. The van der Waals surface area contributed by atoms with Gasteiger partial charge in [0.1, 0.15) is 11.2 Å². The van der Waals surface area contributed by atoms with Gasteiger partial charge in [-0.15, -0.1) is 0 Å². The molecule has 0 saturated heterocycles. The molecule has 0 radical (unpaired) electrons. The third-order valence-electron chi connectivity index (χ3n) is 10.1. The minimum absolute atomic E-state index is 0.867. The Morgan fingerprint density at radius 3 is 2.12 bits per heavy atom. The zero-order valence-corrected chi connectivity index (χ0v) is 28.6. The summed E-state index contributed by atoms with van der Waals surface area (Å²) in [5.74, 6) is 0. The van der Waals surface area contributed by atoms with Crippen LogP contribution in [0.1, 0.15) is 22.3 Å². The molecule has 5 aromatic carbocycles. The molecule has 0 bridgehead atoms. The average Bonchev–Trinajstić information content (AvgIpc) is 3.56. The summed E-state index contributed by atoms with van der Waals surface area (Å²) in [6.07, 6.45) is 5.47. The zero-order valence-electron chi connectivity index (χ0n) is 28.6. The van der Waals surface area contributed by atoms with Gasteiger partial charge in [0, 0.05) is 55.6 Å². The van der Waals surface area contributed by atoms with Crippen LogP contribution < -0.4 is 5.73 Å². The van der Waals surface area contributed by atoms with Crippen LogP contribution in [0.25, 0.3) is 94.7 Å². The van der Waals surface area contributed by atoms with Crippen LogP contribution in [0.15, 0.2) is 138 Å². The van der Waals surface area contributed by atoms with E-state index in [1.807, 2.05) is 30.5 Å². The van der Waals surface area contributed by atoms with E-state index >= 15 is 0 Å². The van der Waals surface area contributed by atoms with Crippen LogP contribution in [0.3, 0.4) is 0 Å². The molecule has 4 aromatic heterocycles. The first kappa shape index (κ1) is 30.5. The fraction of sp³-hybridized carbons (Fsp3) is 0.0652. The fourth-order valence-corrected chi connectivity index (χ4v) is 7.31. The first-order valence-electron chi connectivity index (χ1n) is 17.1. The van der Waals surface area contributed by atoms with Crippen molar-refractivity contribution < 1.29 is 4.42 Å². The van der Waals surface area contributed by atoms with Crippen molar-refractivity contribution in [2.24, 2.45) is 5.73 Å². The van der Waals surface area contributed by atoms with E-state index in [1.54, 1.807) is 6.20 Å². The Morgan fingerprint density at radius 1 is 0.549 bits per heavy atom. The number of benzene rings is 5. The molecule has 0 aliphatic rings. The van der Waals surface area contributed by atoms with E-state index in [-0.39, 0.29) is 0 Å². The van der Waals surface area contributed by atoms with Crippen molar-refractivity contribution in [3.05, 3.63) is 156 Å². The molecule has 0 saturated carbocycles. The minimum Gasteiger partial charge on any atom is -0.455 e. The van der Waals surface area contributed by atoms with Crippen LogP contribution in [0, 0.1) is 20.8 Å². The normalized spacial score (nSPS) is 11.8. The van der Waals surface area contributed by atoms with Gasteiger partial charge >= 0.3 is 0 Å². The lowest BCUT2D eigenvalue weighted by molar-refractivity contribution is 0.663. The number of rotatable bonds is 5. The molecule has 5 heteroatoms. The van der Waals surface area contributed by atoms with Gasteiger partial charge in [-0.05, 0) is 85.6 Å². The number of nitrogens with two attached hydrogens (primary N) is 1. The first-order chi connectivity index (χ1) is 25.0. The molecule has 9 aromatic rings. The summed E-state index contributed by atoms with van der Waals surface area (Å²) in [6, 6.07) is 42.2. The van der Waals surface area contributed by atoms with Crippen LogP contribution in [-0.2, 0) is 0 Å². The summed E-state index contributed by atoms with van der Waals surface area (Å²) in [7, 11) is 0. The van der Waals surface area contributed by atoms with Gasteiger partial charge in [-0.3, -0.25) is 4.98 Å². The summed E-state index contributed by atoms with van der Waals surface area (Å²) in [5, 5.41) is 4.32. The van der Waals surface area contributed by atoms with Crippen molar-refractivity contribution in [2.75, 3.05) is 0 Å². The van der Waals surface area contributed by atoms with E-state index in [0.717, 1.165) is 111 Å². The number of furan rings is 1. The monoisotopic (exact) mass is 658 g/mol. The maximum atomic E-state index is 6.52. The van der Waals surface area contributed by atoms with Crippen molar-refractivity contribution in [1.29, 1.82) is 0 Å². The van der Waals surface area contributed by atoms with Crippen molar-refractivity contribution in [1.82, 2.24) is 15.0 Å². The van der Waals surface area contributed by atoms with E-state index in [1.165, 1.54) is 0 Å². The van der Waals surface area contributed by atoms with Crippen molar-refractivity contribution >= 4 is 49.8 Å².